The molecule has 1 aliphatic rings. The van der Waals surface area contributed by atoms with E-state index < -0.39 is 5.97 Å². The van der Waals surface area contributed by atoms with Crippen LogP contribution >= 0.6 is 0 Å². The smallest absolute Gasteiger partial charge is 0.341 e. The van der Waals surface area contributed by atoms with E-state index in [1.165, 1.54) is 0 Å². The summed E-state index contributed by atoms with van der Waals surface area (Å²) in [4.78, 5) is 23.3. The second-order valence-electron chi connectivity index (χ2n) is 6.39. The van der Waals surface area contributed by atoms with E-state index in [9.17, 15) is 9.59 Å². The normalized spacial score (nSPS) is 15.9. The van der Waals surface area contributed by atoms with E-state index in [2.05, 4.69) is 5.32 Å². The van der Waals surface area contributed by atoms with Crippen LogP contribution in [0.15, 0.2) is 54.6 Å². The maximum atomic E-state index is 12.8. The van der Waals surface area contributed by atoms with Crippen molar-refractivity contribution >= 4 is 11.9 Å². The summed E-state index contributed by atoms with van der Waals surface area (Å²) < 4.78 is 5.12. The van der Waals surface area contributed by atoms with Crippen LogP contribution in [-0.4, -0.2) is 23.6 Å². The molecule has 2 aromatic carbocycles. The number of benzene rings is 2. The van der Waals surface area contributed by atoms with Crippen LogP contribution in [0.25, 0.3) is 0 Å². The highest BCUT2D eigenvalue weighted by molar-refractivity contribution is 5.91. The number of ether oxygens (including phenoxy) is 1. The van der Waals surface area contributed by atoms with Gasteiger partial charge < -0.3 is 15.2 Å². The van der Waals surface area contributed by atoms with Gasteiger partial charge in [0.15, 0.2) is 6.61 Å². The van der Waals surface area contributed by atoms with Crippen molar-refractivity contribution in [2.24, 2.45) is 0 Å². The van der Waals surface area contributed by atoms with E-state index in [4.69, 9.17) is 9.84 Å². The number of hydrogen-bond donors (Lipinski definition) is 2. The van der Waals surface area contributed by atoms with Gasteiger partial charge in [-0.2, -0.15) is 0 Å². The van der Waals surface area contributed by atoms with Gasteiger partial charge in [-0.25, -0.2) is 4.79 Å². The molecule has 1 unspecified atom stereocenters. The summed E-state index contributed by atoms with van der Waals surface area (Å²) >= 11 is 0. The Morgan fingerprint density at radius 1 is 1.12 bits per heavy atom. The average molecular weight is 339 g/mol. The van der Waals surface area contributed by atoms with Crippen molar-refractivity contribution in [2.75, 3.05) is 6.61 Å². The molecule has 130 valence electrons. The molecule has 0 radical (unpaired) electrons. The Hall–Kier alpha value is -2.82. The molecule has 0 spiro atoms. The van der Waals surface area contributed by atoms with E-state index in [1.54, 1.807) is 12.1 Å². The number of carboxylic acids is 1. The SMILES string of the molecule is CC(NC(=O)C1(c2ccccc2)CC1)c1ccc(OCC(=O)O)cc1. The summed E-state index contributed by atoms with van der Waals surface area (Å²) in [7, 11) is 0. The Morgan fingerprint density at radius 3 is 2.32 bits per heavy atom. The lowest BCUT2D eigenvalue weighted by Crippen LogP contribution is -2.36. The fraction of sp³-hybridized carbons (Fsp3) is 0.300. The van der Waals surface area contributed by atoms with E-state index in [0.29, 0.717) is 5.75 Å². The van der Waals surface area contributed by atoms with Gasteiger partial charge in [0.25, 0.3) is 0 Å². The third-order valence-electron chi connectivity index (χ3n) is 4.60. The molecule has 5 heteroatoms. The molecule has 3 rings (SSSR count). The molecule has 25 heavy (non-hydrogen) atoms. The fourth-order valence-corrected chi connectivity index (χ4v) is 2.94. The first kappa shape index (κ1) is 17.0. The number of aliphatic carboxylic acids is 1. The van der Waals surface area contributed by atoms with Gasteiger partial charge in [-0.15, -0.1) is 0 Å². The van der Waals surface area contributed by atoms with Gasteiger partial charge in [-0.3, -0.25) is 4.79 Å². The summed E-state index contributed by atoms with van der Waals surface area (Å²) in [6.45, 7) is 1.57. The quantitative estimate of drug-likeness (QED) is 0.813. The first-order valence-electron chi connectivity index (χ1n) is 8.32. The minimum atomic E-state index is -1.01. The number of nitrogens with one attached hydrogen (secondary N) is 1. The predicted octanol–water partition coefficient (Wildman–Crippen LogP) is 3.06. The molecule has 0 bridgehead atoms. The Labute approximate surface area is 146 Å². The molecule has 0 aliphatic heterocycles. The van der Waals surface area contributed by atoms with Crippen molar-refractivity contribution in [2.45, 2.75) is 31.2 Å². The van der Waals surface area contributed by atoms with Gasteiger partial charge in [-0.05, 0) is 43.0 Å². The van der Waals surface area contributed by atoms with Crippen molar-refractivity contribution < 1.29 is 19.4 Å². The van der Waals surface area contributed by atoms with Crippen molar-refractivity contribution in [1.82, 2.24) is 5.32 Å². The minimum Gasteiger partial charge on any atom is -0.482 e. The van der Waals surface area contributed by atoms with E-state index >= 15 is 0 Å². The first-order valence-corrected chi connectivity index (χ1v) is 8.32. The van der Waals surface area contributed by atoms with Gasteiger partial charge in [0.05, 0.1) is 11.5 Å². The molecule has 0 heterocycles. The van der Waals surface area contributed by atoms with Gasteiger partial charge >= 0.3 is 5.97 Å². The molecule has 1 saturated carbocycles. The number of carboxylic acid groups (broad SMARTS) is 1. The van der Waals surface area contributed by atoms with Crippen LogP contribution in [0.5, 0.6) is 5.75 Å². The Bertz CT molecular complexity index is 751. The van der Waals surface area contributed by atoms with Crippen molar-refractivity contribution in [1.29, 1.82) is 0 Å². The molecule has 0 aromatic heterocycles. The molecule has 2 N–H and O–H groups in total. The van der Waals surface area contributed by atoms with Gasteiger partial charge in [-0.1, -0.05) is 42.5 Å². The number of amides is 1. The van der Waals surface area contributed by atoms with Gasteiger partial charge in [0.2, 0.25) is 5.91 Å². The third kappa shape index (κ3) is 3.82. The second kappa shape index (κ2) is 6.97. The molecule has 2 aromatic rings. The van der Waals surface area contributed by atoms with Crippen LogP contribution in [0, 0.1) is 0 Å². The van der Waals surface area contributed by atoms with Gasteiger partial charge in [0, 0.05) is 0 Å². The molecule has 1 fully saturated rings. The van der Waals surface area contributed by atoms with Crippen LogP contribution in [0.1, 0.15) is 36.9 Å². The molecule has 0 saturated heterocycles. The average Bonchev–Trinajstić information content (AvgIpc) is 3.43. The molecule has 1 aliphatic carbocycles. The van der Waals surface area contributed by atoms with Crippen LogP contribution in [0.3, 0.4) is 0 Å². The van der Waals surface area contributed by atoms with E-state index in [1.807, 2.05) is 49.4 Å². The summed E-state index contributed by atoms with van der Waals surface area (Å²) in [6.07, 6.45) is 1.75. The number of carbonyl (C=O) groups is 2. The Balaban J connectivity index is 1.63. The van der Waals surface area contributed by atoms with Crippen molar-refractivity contribution in [3.05, 3.63) is 65.7 Å². The predicted molar refractivity (Wildman–Crippen MR) is 93.5 cm³/mol. The van der Waals surface area contributed by atoms with Crippen LogP contribution in [-0.2, 0) is 15.0 Å². The zero-order valence-electron chi connectivity index (χ0n) is 14.1. The Morgan fingerprint density at radius 2 is 1.76 bits per heavy atom. The summed E-state index contributed by atoms with van der Waals surface area (Å²) in [5.74, 6) is -0.467. The molecule has 1 amide bonds. The number of carbonyl (C=O) groups excluding carboxylic acids is 1. The van der Waals surface area contributed by atoms with Crippen LogP contribution in [0.4, 0.5) is 0 Å². The zero-order valence-corrected chi connectivity index (χ0v) is 14.1. The largest absolute Gasteiger partial charge is 0.482 e. The van der Waals surface area contributed by atoms with Crippen LogP contribution < -0.4 is 10.1 Å². The highest BCUT2D eigenvalue weighted by Gasteiger charge is 2.51. The maximum absolute atomic E-state index is 12.8. The first-order chi connectivity index (χ1) is 12.0. The highest BCUT2D eigenvalue weighted by Crippen LogP contribution is 2.48. The van der Waals surface area contributed by atoms with Gasteiger partial charge in [0.1, 0.15) is 5.75 Å². The molecule has 5 nitrogen and oxygen atoms in total. The zero-order chi connectivity index (χ0) is 17.9. The number of rotatable bonds is 7. The van der Waals surface area contributed by atoms with E-state index in [-0.39, 0.29) is 24.0 Å². The molecular formula is C20H21NO4. The topological polar surface area (TPSA) is 75.6 Å². The monoisotopic (exact) mass is 339 g/mol. The lowest BCUT2D eigenvalue weighted by atomic mass is 9.94. The minimum absolute atomic E-state index is 0.0532. The lowest BCUT2D eigenvalue weighted by molar-refractivity contribution is -0.139. The summed E-state index contributed by atoms with van der Waals surface area (Å²) in [5, 5.41) is 11.7. The van der Waals surface area contributed by atoms with Crippen molar-refractivity contribution in [3.8, 4) is 5.75 Å². The maximum Gasteiger partial charge on any atom is 0.341 e. The highest BCUT2D eigenvalue weighted by atomic mass is 16.5. The molecule has 1 atom stereocenters. The van der Waals surface area contributed by atoms with Crippen LogP contribution in [0.2, 0.25) is 0 Å². The summed E-state index contributed by atoms with van der Waals surface area (Å²) in [5.41, 5.74) is 1.62. The number of hydrogen-bond acceptors (Lipinski definition) is 3. The lowest BCUT2D eigenvalue weighted by Gasteiger charge is -2.20. The van der Waals surface area contributed by atoms with E-state index in [0.717, 1.165) is 24.0 Å². The summed E-state index contributed by atoms with van der Waals surface area (Å²) in [6, 6.07) is 16.8. The van der Waals surface area contributed by atoms with Crippen molar-refractivity contribution in [3.63, 3.8) is 0 Å². The second-order valence-corrected chi connectivity index (χ2v) is 6.39. The molecular weight excluding hydrogens is 318 g/mol. The Kier molecular flexibility index (Phi) is 4.74. The fourth-order valence-electron chi connectivity index (χ4n) is 2.94. The third-order valence-corrected chi connectivity index (χ3v) is 4.60. The standard InChI is InChI=1S/C20H21NO4/c1-14(15-7-9-17(10-8-15)25-13-18(22)23)21-19(24)20(11-12-20)16-5-3-2-4-6-16/h2-10,14H,11-13H2,1H3,(H,21,24)(H,22,23).